The Balaban J connectivity index is 2.30. The van der Waals surface area contributed by atoms with Crippen LogP contribution in [0.1, 0.15) is 10.4 Å². The van der Waals surface area contributed by atoms with Crippen LogP contribution in [-0.2, 0) is 0 Å². The maximum absolute atomic E-state index is 13.3. The lowest BCUT2D eigenvalue weighted by molar-refractivity contribution is 0.102. The van der Waals surface area contributed by atoms with Crippen LogP contribution in [0.3, 0.4) is 0 Å². The van der Waals surface area contributed by atoms with Crippen molar-refractivity contribution < 1.29 is 18.3 Å². The Bertz CT molecular complexity index is 684. The fourth-order valence-corrected chi connectivity index (χ4v) is 1.80. The van der Waals surface area contributed by atoms with Gasteiger partial charge in [-0.25, -0.2) is 8.78 Å². The molecule has 21 heavy (non-hydrogen) atoms. The molecule has 0 aromatic heterocycles. The van der Waals surface area contributed by atoms with Gasteiger partial charge in [-0.3, -0.25) is 4.79 Å². The molecule has 110 valence electrons. The molecule has 2 rings (SSSR count). The zero-order valence-corrected chi connectivity index (χ0v) is 11.7. The minimum atomic E-state index is -1.00. The average Bonchev–Trinajstić information content (AvgIpc) is 2.46. The number of benzene rings is 2. The van der Waals surface area contributed by atoms with E-state index in [1.807, 2.05) is 0 Å². The van der Waals surface area contributed by atoms with Crippen LogP contribution >= 0.6 is 11.6 Å². The summed E-state index contributed by atoms with van der Waals surface area (Å²) in [6.07, 6.45) is 0. The van der Waals surface area contributed by atoms with Crippen LogP contribution in [0.2, 0.25) is 5.02 Å². The zero-order valence-electron chi connectivity index (χ0n) is 10.9. The lowest BCUT2D eigenvalue weighted by atomic mass is 10.1. The number of rotatable bonds is 3. The molecular formula is C14H11ClF2N2O2. The molecule has 0 unspecified atom stereocenters. The molecule has 0 atom stereocenters. The van der Waals surface area contributed by atoms with Crippen molar-refractivity contribution in [2.75, 3.05) is 18.2 Å². The molecule has 0 saturated carbocycles. The van der Waals surface area contributed by atoms with E-state index in [0.29, 0.717) is 5.75 Å². The van der Waals surface area contributed by atoms with E-state index in [2.05, 4.69) is 5.32 Å². The molecule has 0 aliphatic carbocycles. The van der Waals surface area contributed by atoms with Gasteiger partial charge >= 0.3 is 0 Å². The Hall–Kier alpha value is -2.34. The number of anilines is 2. The first kappa shape index (κ1) is 15.1. The number of methoxy groups -OCH3 is 1. The number of halogens is 3. The van der Waals surface area contributed by atoms with Crippen LogP contribution in [0, 0.1) is 11.6 Å². The number of carbonyl (C=O) groups is 1. The first-order valence-corrected chi connectivity index (χ1v) is 6.19. The summed E-state index contributed by atoms with van der Waals surface area (Å²) < 4.78 is 31.7. The van der Waals surface area contributed by atoms with Gasteiger partial charge in [-0.05, 0) is 24.3 Å². The number of hydrogen-bond acceptors (Lipinski definition) is 3. The molecule has 0 spiro atoms. The molecule has 0 aliphatic rings. The van der Waals surface area contributed by atoms with Gasteiger partial charge in [-0.15, -0.1) is 0 Å². The van der Waals surface area contributed by atoms with E-state index in [-0.39, 0.29) is 16.3 Å². The van der Waals surface area contributed by atoms with Crippen LogP contribution in [0.15, 0.2) is 30.3 Å². The second-order valence-corrected chi connectivity index (χ2v) is 4.56. The summed E-state index contributed by atoms with van der Waals surface area (Å²) in [5, 5.41) is 2.71. The predicted octanol–water partition coefficient (Wildman–Crippen LogP) is 3.46. The van der Waals surface area contributed by atoms with Crippen LogP contribution in [-0.4, -0.2) is 13.0 Å². The van der Waals surface area contributed by atoms with E-state index in [0.717, 1.165) is 12.1 Å². The topological polar surface area (TPSA) is 64.3 Å². The Morgan fingerprint density at radius 3 is 2.43 bits per heavy atom. The average molecular weight is 313 g/mol. The lowest BCUT2D eigenvalue weighted by Gasteiger charge is -2.10. The van der Waals surface area contributed by atoms with Gasteiger partial charge in [0.1, 0.15) is 23.1 Å². The smallest absolute Gasteiger partial charge is 0.255 e. The van der Waals surface area contributed by atoms with Gasteiger partial charge in [0, 0.05) is 11.6 Å². The van der Waals surface area contributed by atoms with E-state index in [1.54, 1.807) is 6.07 Å². The minimum absolute atomic E-state index is 0.210. The van der Waals surface area contributed by atoms with E-state index >= 15 is 0 Å². The van der Waals surface area contributed by atoms with Crippen molar-refractivity contribution >= 4 is 28.9 Å². The highest BCUT2D eigenvalue weighted by atomic mass is 35.5. The Kier molecular flexibility index (Phi) is 4.28. The van der Waals surface area contributed by atoms with Crippen molar-refractivity contribution in [2.24, 2.45) is 0 Å². The third kappa shape index (κ3) is 3.22. The maximum Gasteiger partial charge on any atom is 0.255 e. The Labute approximate surface area is 124 Å². The summed E-state index contributed by atoms with van der Waals surface area (Å²) in [5.74, 6) is -2.25. The molecule has 2 aromatic carbocycles. The van der Waals surface area contributed by atoms with Gasteiger partial charge in [0.05, 0.1) is 17.8 Å². The molecular weight excluding hydrogens is 302 g/mol. The molecule has 0 radical (unpaired) electrons. The van der Waals surface area contributed by atoms with Crippen molar-refractivity contribution in [3.63, 3.8) is 0 Å². The first-order valence-electron chi connectivity index (χ1n) is 5.81. The van der Waals surface area contributed by atoms with E-state index in [4.69, 9.17) is 22.1 Å². The molecule has 0 heterocycles. The minimum Gasteiger partial charge on any atom is -0.497 e. The Morgan fingerprint density at radius 2 is 1.86 bits per heavy atom. The number of ether oxygens (including phenoxy) is 1. The van der Waals surface area contributed by atoms with Crippen molar-refractivity contribution in [1.29, 1.82) is 0 Å². The molecule has 1 amide bonds. The third-order valence-electron chi connectivity index (χ3n) is 2.76. The molecule has 0 fully saturated rings. The molecule has 0 aliphatic heterocycles. The fourth-order valence-electron chi connectivity index (χ4n) is 1.64. The van der Waals surface area contributed by atoms with Crippen LogP contribution < -0.4 is 15.8 Å². The number of nitrogens with one attached hydrogen (secondary N) is 1. The molecule has 0 bridgehead atoms. The monoisotopic (exact) mass is 312 g/mol. The van der Waals surface area contributed by atoms with E-state index in [1.165, 1.54) is 19.2 Å². The first-order chi connectivity index (χ1) is 9.92. The van der Waals surface area contributed by atoms with Gasteiger partial charge in [0.15, 0.2) is 0 Å². The van der Waals surface area contributed by atoms with Crippen LogP contribution in [0.4, 0.5) is 20.2 Å². The summed E-state index contributed by atoms with van der Waals surface area (Å²) in [6.45, 7) is 0. The highest BCUT2D eigenvalue weighted by molar-refractivity contribution is 6.34. The maximum atomic E-state index is 13.3. The molecule has 0 saturated heterocycles. The van der Waals surface area contributed by atoms with Gasteiger partial charge < -0.3 is 15.8 Å². The lowest BCUT2D eigenvalue weighted by Crippen LogP contribution is -2.13. The third-order valence-corrected chi connectivity index (χ3v) is 3.09. The van der Waals surface area contributed by atoms with E-state index in [9.17, 15) is 13.6 Å². The highest BCUT2D eigenvalue weighted by Crippen LogP contribution is 2.27. The summed E-state index contributed by atoms with van der Waals surface area (Å²) in [5.41, 5.74) is 4.57. The van der Waals surface area contributed by atoms with Crippen molar-refractivity contribution in [3.8, 4) is 5.75 Å². The molecule has 3 N–H and O–H groups in total. The van der Waals surface area contributed by atoms with Crippen LogP contribution in [0.5, 0.6) is 5.75 Å². The zero-order chi connectivity index (χ0) is 15.6. The van der Waals surface area contributed by atoms with Crippen molar-refractivity contribution in [1.82, 2.24) is 0 Å². The molecule has 4 nitrogen and oxygen atoms in total. The summed E-state index contributed by atoms with van der Waals surface area (Å²) in [7, 11) is 1.46. The van der Waals surface area contributed by atoms with Crippen molar-refractivity contribution in [3.05, 3.63) is 52.6 Å². The number of amides is 1. The summed E-state index contributed by atoms with van der Waals surface area (Å²) in [6, 6.07) is 6.33. The number of nitrogen functional groups attached to an aromatic ring is 1. The quantitative estimate of drug-likeness (QED) is 0.853. The highest BCUT2D eigenvalue weighted by Gasteiger charge is 2.14. The second-order valence-electron chi connectivity index (χ2n) is 4.15. The van der Waals surface area contributed by atoms with E-state index < -0.39 is 23.2 Å². The molecule has 2 aromatic rings. The van der Waals surface area contributed by atoms with Gasteiger partial charge in [0.25, 0.3) is 5.91 Å². The van der Waals surface area contributed by atoms with Crippen molar-refractivity contribution in [2.45, 2.75) is 0 Å². The SMILES string of the molecule is COc1ccc(Cl)c(NC(=O)c2cc(F)c(N)c(F)c2)c1. The number of carbonyl (C=O) groups excluding carboxylic acids is 1. The fraction of sp³-hybridized carbons (Fsp3) is 0.0714. The van der Waals surface area contributed by atoms with Gasteiger partial charge in [-0.1, -0.05) is 11.6 Å². The Morgan fingerprint density at radius 1 is 1.24 bits per heavy atom. The predicted molar refractivity (Wildman–Crippen MR) is 76.7 cm³/mol. The summed E-state index contributed by atoms with van der Waals surface area (Å²) in [4.78, 5) is 12.0. The molecule has 7 heteroatoms. The summed E-state index contributed by atoms with van der Waals surface area (Å²) >= 11 is 5.93. The number of nitrogens with two attached hydrogens (primary N) is 1. The number of hydrogen-bond donors (Lipinski definition) is 2. The normalized spacial score (nSPS) is 10.3. The second kappa shape index (κ2) is 5.97. The standard InChI is InChI=1S/C14H11ClF2N2O2/c1-21-8-2-3-9(15)12(6-8)19-14(20)7-4-10(16)13(18)11(17)5-7/h2-6H,18H2,1H3,(H,19,20). The van der Waals surface area contributed by atoms with Gasteiger partial charge in [-0.2, -0.15) is 0 Å². The van der Waals surface area contributed by atoms with Gasteiger partial charge in [0.2, 0.25) is 0 Å². The largest absolute Gasteiger partial charge is 0.497 e. The van der Waals surface area contributed by atoms with Crippen LogP contribution in [0.25, 0.3) is 0 Å².